The molecule has 0 aliphatic rings. The van der Waals surface area contributed by atoms with Gasteiger partial charge in [-0.05, 0) is 48.2 Å². The quantitative estimate of drug-likeness (QED) is 0.341. The monoisotopic (exact) mass is 465 g/mol. The molecule has 0 aliphatic heterocycles. The maximum atomic E-state index is 13.3. The Morgan fingerprint density at radius 1 is 1.09 bits per heavy atom. The lowest BCUT2D eigenvalue weighted by Crippen LogP contribution is -2.35. The smallest absolute Gasteiger partial charge is 0.247 e. The zero-order chi connectivity index (χ0) is 24.8. The van der Waals surface area contributed by atoms with Crippen molar-refractivity contribution in [3.8, 4) is 17.2 Å². The van der Waals surface area contributed by atoms with Crippen molar-refractivity contribution in [2.24, 2.45) is 7.05 Å². The van der Waals surface area contributed by atoms with Gasteiger partial charge in [0.1, 0.15) is 11.9 Å². The van der Waals surface area contributed by atoms with Crippen LogP contribution >= 0.6 is 0 Å². The van der Waals surface area contributed by atoms with Gasteiger partial charge in [-0.3, -0.25) is 4.79 Å². The van der Waals surface area contributed by atoms with Crippen LogP contribution in [0.5, 0.6) is 0 Å². The summed E-state index contributed by atoms with van der Waals surface area (Å²) >= 11 is 0. The van der Waals surface area contributed by atoms with E-state index in [0.29, 0.717) is 17.9 Å². The molecule has 2 aromatic carbocycles. The average Bonchev–Trinajstić information content (AvgIpc) is 3.22. The van der Waals surface area contributed by atoms with E-state index in [2.05, 4.69) is 33.7 Å². The Hall–Kier alpha value is -4.28. The van der Waals surface area contributed by atoms with E-state index >= 15 is 0 Å². The summed E-state index contributed by atoms with van der Waals surface area (Å²) in [5.41, 5.74) is 5.72. The maximum absolute atomic E-state index is 13.3. The van der Waals surface area contributed by atoms with Crippen molar-refractivity contribution in [3.05, 3.63) is 102 Å². The number of pyridine rings is 1. The lowest BCUT2D eigenvalue weighted by atomic mass is 9.98. The summed E-state index contributed by atoms with van der Waals surface area (Å²) in [5, 5.41) is 18.6. The van der Waals surface area contributed by atoms with Crippen LogP contribution in [0, 0.1) is 18.3 Å². The molecule has 2 atom stereocenters. The molecular formula is C28H29N6O+. The minimum absolute atomic E-state index is 0.157. The van der Waals surface area contributed by atoms with Crippen LogP contribution in [0.25, 0.3) is 11.1 Å². The van der Waals surface area contributed by atoms with E-state index in [9.17, 15) is 4.79 Å². The Morgan fingerprint density at radius 2 is 1.83 bits per heavy atom. The molecular weight excluding hydrogens is 436 g/mol. The first-order valence-corrected chi connectivity index (χ1v) is 11.6. The maximum Gasteiger partial charge on any atom is 0.247 e. The van der Waals surface area contributed by atoms with Gasteiger partial charge in [0, 0.05) is 18.3 Å². The third kappa shape index (κ3) is 5.81. The summed E-state index contributed by atoms with van der Waals surface area (Å²) in [6.45, 7) is 4.70. The molecule has 7 nitrogen and oxygen atoms in total. The number of aromatic amines is 1. The molecule has 0 bridgehead atoms. The molecule has 4 rings (SSSR count). The van der Waals surface area contributed by atoms with Crippen LogP contribution in [-0.2, 0) is 11.8 Å². The molecule has 0 aliphatic carbocycles. The summed E-state index contributed by atoms with van der Waals surface area (Å²) in [4.78, 5) is 17.8. The molecule has 0 saturated carbocycles. The molecule has 2 aromatic heterocycles. The molecule has 0 radical (unpaired) electrons. The molecule has 1 amide bonds. The van der Waals surface area contributed by atoms with Gasteiger partial charge in [0.2, 0.25) is 12.1 Å². The number of H-pyrrole nitrogens is 1. The van der Waals surface area contributed by atoms with E-state index in [1.54, 1.807) is 6.20 Å². The van der Waals surface area contributed by atoms with Crippen molar-refractivity contribution < 1.29 is 9.48 Å². The van der Waals surface area contributed by atoms with Gasteiger partial charge < -0.3 is 10.6 Å². The molecule has 3 N–H and O–H groups in total. The molecule has 0 spiro atoms. The topological polar surface area (TPSA) is 97.5 Å². The van der Waals surface area contributed by atoms with E-state index < -0.39 is 6.04 Å². The van der Waals surface area contributed by atoms with Crippen LogP contribution < -0.4 is 15.3 Å². The SMILES string of the molecule is Cc1[nH][n+](C)cc1-c1ccc(NC(=O)C(NC[C@@H](C)c2ccc(C#N)cc2)c2ccccc2)nc1. The van der Waals surface area contributed by atoms with E-state index in [1.165, 1.54) is 0 Å². The molecule has 2 heterocycles. The fraction of sp³-hybridized carbons (Fsp3) is 0.214. The minimum atomic E-state index is -0.538. The van der Waals surface area contributed by atoms with Crippen molar-refractivity contribution in [2.75, 3.05) is 11.9 Å². The molecule has 0 saturated heterocycles. The van der Waals surface area contributed by atoms with Crippen LogP contribution in [0.4, 0.5) is 5.82 Å². The third-order valence-corrected chi connectivity index (χ3v) is 6.03. The number of nitrogens with zero attached hydrogens (tertiary/aromatic N) is 3. The lowest BCUT2D eigenvalue weighted by Gasteiger charge is -2.21. The predicted molar refractivity (Wildman–Crippen MR) is 135 cm³/mol. The third-order valence-electron chi connectivity index (χ3n) is 6.03. The fourth-order valence-electron chi connectivity index (χ4n) is 4.07. The van der Waals surface area contributed by atoms with E-state index in [0.717, 1.165) is 27.9 Å². The highest BCUT2D eigenvalue weighted by molar-refractivity contribution is 5.95. The van der Waals surface area contributed by atoms with Crippen molar-refractivity contribution in [2.45, 2.75) is 25.8 Å². The van der Waals surface area contributed by atoms with Gasteiger partial charge in [-0.1, -0.05) is 49.4 Å². The van der Waals surface area contributed by atoms with E-state index in [1.807, 2.05) is 91.6 Å². The first-order chi connectivity index (χ1) is 16.9. The number of rotatable bonds is 8. The summed E-state index contributed by atoms with van der Waals surface area (Å²) in [6, 6.07) is 22.6. The number of carbonyl (C=O) groups excluding carboxylic acids is 1. The van der Waals surface area contributed by atoms with Gasteiger partial charge in [0.15, 0.2) is 7.05 Å². The summed E-state index contributed by atoms with van der Waals surface area (Å²) < 4.78 is 1.90. The van der Waals surface area contributed by atoms with E-state index in [4.69, 9.17) is 5.26 Å². The second-order valence-electron chi connectivity index (χ2n) is 8.70. The molecule has 176 valence electrons. The number of benzene rings is 2. The summed E-state index contributed by atoms with van der Waals surface area (Å²) in [6.07, 6.45) is 3.78. The first kappa shape index (κ1) is 23.9. The van der Waals surface area contributed by atoms with E-state index in [-0.39, 0.29) is 11.8 Å². The van der Waals surface area contributed by atoms with Gasteiger partial charge in [-0.15, -0.1) is 4.68 Å². The number of aromatic nitrogens is 3. The molecule has 7 heteroatoms. The molecule has 35 heavy (non-hydrogen) atoms. The van der Waals surface area contributed by atoms with Crippen LogP contribution in [0.1, 0.15) is 41.3 Å². The Kier molecular flexibility index (Phi) is 7.34. The zero-order valence-corrected chi connectivity index (χ0v) is 20.1. The minimum Gasteiger partial charge on any atom is -0.309 e. The Labute approximate surface area is 205 Å². The number of nitrogens with one attached hydrogen (secondary N) is 3. The average molecular weight is 466 g/mol. The van der Waals surface area contributed by atoms with Crippen molar-refractivity contribution in [1.82, 2.24) is 15.4 Å². The van der Waals surface area contributed by atoms with Gasteiger partial charge in [-0.2, -0.15) is 10.4 Å². The highest BCUT2D eigenvalue weighted by Gasteiger charge is 2.22. The van der Waals surface area contributed by atoms with Crippen molar-refractivity contribution >= 4 is 11.7 Å². The lowest BCUT2D eigenvalue weighted by molar-refractivity contribution is -0.726. The number of amides is 1. The number of hydrogen-bond donors (Lipinski definition) is 3. The van der Waals surface area contributed by atoms with Crippen molar-refractivity contribution in [1.29, 1.82) is 5.26 Å². The number of hydrogen-bond acceptors (Lipinski definition) is 4. The predicted octanol–water partition coefficient (Wildman–Crippen LogP) is 4.15. The summed E-state index contributed by atoms with van der Waals surface area (Å²) in [5.74, 6) is 0.483. The number of anilines is 1. The van der Waals surface area contributed by atoms with Crippen LogP contribution in [-0.4, -0.2) is 22.5 Å². The number of aryl methyl sites for hydroxylation is 2. The second-order valence-corrected chi connectivity index (χ2v) is 8.70. The normalized spacial score (nSPS) is 12.5. The van der Waals surface area contributed by atoms with Gasteiger partial charge >= 0.3 is 0 Å². The largest absolute Gasteiger partial charge is 0.309 e. The molecule has 0 fully saturated rings. The number of carbonyl (C=O) groups is 1. The van der Waals surface area contributed by atoms with Crippen LogP contribution in [0.2, 0.25) is 0 Å². The van der Waals surface area contributed by atoms with Crippen molar-refractivity contribution in [3.63, 3.8) is 0 Å². The standard InChI is InChI=1S/C28H28N6O/c1-19(22-11-9-21(15-29)10-12-22)16-31-27(23-7-5-4-6-8-23)28(35)32-26-14-13-24(17-30-26)25-18-34(3)33-20(25)2/h4-14,17-19,27,31H,16H2,1-3H3,(H,30,32,35)/p+1/t19-,27?/m1/s1. The highest BCUT2D eigenvalue weighted by atomic mass is 16.2. The Morgan fingerprint density at radius 3 is 2.43 bits per heavy atom. The Balaban J connectivity index is 1.47. The first-order valence-electron chi connectivity index (χ1n) is 11.6. The molecule has 1 unspecified atom stereocenters. The van der Waals surface area contributed by atoms with Crippen LogP contribution in [0.15, 0.2) is 79.1 Å². The number of nitriles is 1. The Bertz CT molecular complexity index is 1320. The van der Waals surface area contributed by atoms with Gasteiger partial charge in [-0.25, -0.2) is 4.98 Å². The molecule has 4 aromatic rings. The fourth-order valence-corrected chi connectivity index (χ4v) is 4.07. The van der Waals surface area contributed by atoms with Gasteiger partial charge in [0.05, 0.1) is 22.9 Å². The van der Waals surface area contributed by atoms with Crippen LogP contribution in [0.3, 0.4) is 0 Å². The van der Waals surface area contributed by atoms with Gasteiger partial charge in [0.25, 0.3) is 0 Å². The zero-order valence-electron chi connectivity index (χ0n) is 20.1. The summed E-state index contributed by atoms with van der Waals surface area (Å²) in [7, 11) is 1.94. The highest BCUT2D eigenvalue weighted by Crippen LogP contribution is 2.22. The second kappa shape index (κ2) is 10.8.